The number of amides is 1. The molecule has 0 saturated carbocycles. The molecule has 3 aromatic heterocycles. The number of rotatable bonds is 6. The van der Waals surface area contributed by atoms with E-state index in [1.54, 1.807) is 18.5 Å². The molecule has 2 aromatic carbocycles. The summed E-state index contributed by atoms with van der Waals surface area (Å²) in [4.78, 5) is 29.8. The van der Waals surface area contributed by atoms with Gasteiger partial charge in [0.1, 0.15) is 18.5 Å². The van der Waals surface area contributed by atoms with Crippen LogP contribution < -0.4 is 10.6 Å². The number of nitrogens with zero attached hydrogens (tertiary/aromatic N) is 5. The summed E-state index contributed by atoms with van der Waals surface area (Å²) < 4.78 is 0. The number of benzene rings is 2. The standard InChI is InChI=1S/C25H20N8O/c1-16-4-5-18(25(34)31-19-8-6-17(7-9-19)23-29-15-30-33-23)13-22(16)32-24-20(3-2-11-27-24)21-10-12-26-14-28-21/h2-15H,1H3,(H,27,32)(H,31,34)(H,29,30,33). The Morgan fingerprint density at radius 3 is 2.56 bits per heavy atom. The van der Waals surface area contributed by atoms with Gasteiger partial charge in [0, 0.05) is 40.5 Å². The Kier molecular flexibility index (Phi) is 5.73. The Morgan fingerprint density at radius 1 is 0.912 bits per heavy atom. The largest absolute Gasteiger partial charge is 0.339 e. The van der Waals surface area contributed by atoms with Crippen molar-refractivity contribution in [3.63, 3.8) is 0 Å². The summed E-state index contributed by atoms with van der Waals surface area (Å²) >= 11 is 0. The monoisotopic (exact) mass is 448 g/mol. The topological polar surface area (TPSA) is 121 Å². The summed E-state index contributed by atoms with van der Waals surface area (Å²) in [5.41, 5.74) is 5.43. The normalized spacial score (nSPS) is 10.6. The van der Waals surface area contributed by atoms with Gasteiger partial charge in [-0.05, 0) is 67.1 Å². The van der Waals surface area contributed by atoms with Crippen LogP contribution in [-0.4, -0.2) is 36.0 Å². The number of hydrogen-bond acceptors (Lipinski definition) is 7. The molecule has 166 valence electrons. The predicted molar refractivity (Wildman–Crippen MR) is 129 cm³/mol. The van der Waals surface area contributed by atoms with Crippen LogP contribution in [0.5, 0.6) is 0 Å². The SMILES string of the molecule is Cc1ccc(C(=O)Nc2ccc(-c3ncn[nH]3)cc2)cc1Nc1ncccc1-c1ccncn1. The second-order valence-corrected chi connectivity index (χ2v) is 7.51. The van der Waals surface area contributed by atoms with Crippen molar-refractivity contribution in [2.75, 3.05) is 10.6 Å². The van der Waals surface area contributed by atoms with Gasteiger partial charge in [0.2, 0.25) is 0 Å². The Hall–Kier alpha value is -4.92. The highest BCUT2D eigenvalue weighted by Gasteiger charge is 2.12. The number of H-pyrrole nitrogens is 1. The molecule has 3 heterocycles. The number of anilines is 3. The smallest absolute Gasteiger partial charge is 0.255 e. The average molecular weight is 448 g/mol. The number of aromatic amines is 1. The molecule has 0 saturated heterocycles. The highest BCUT2D eigenvalue weighted by molar-refractivity contribution is 6.05. The molecule has 9 nitrogen and oxygen atoms in total. The Bertz CT molecular complexity index is 1420. The van der Waals surface area contributed by atoms with Crippen molar-refractivity contribution < 1.29 is 4.79 Å². The summed E-state index contributed by atoms with van der Waals surface area (Å²) in [7, 11) is 0. The first-order valence-corrected chi connectivity index (χ1v) is 10.5. The van der Waals surface area contributed by atoms with Crippen LogP contribution in [0.1, 0.15) is 15.9 Å². The molecule has 0 radical (unpaired) electrons. The number of pyridine rings is 1. The van der Waals surface area contributed by atoms with Crippen molar-refractivity contribution in [3.8, 4) is 22.6 Å². The Labute approximate surface area is 195 Å². The van der Waals surface area contributed by atoms with Crippen molar-refractivity contribution in [3.05, 3.63) is 96.8 Å². The molecule has 3 N–H and O–H groups in total. The lowest BCUT2D eigenvalue weighted by atomic mass is 10.1. The van der Waals surface area contributed by atoms with Crippen LogP contribution >= 0.6 is 0 Å². The van der Waals surface area contributed by atoms with Crippen LogP contribution in [0, 0.1) is 6.92 Å². The molecule has 0 atom stereocenters. The first-order chi connectivity index (χ1) is 16.7. The fraction of sp³-hybridized carbons (Fsp3) is 0.0400. The molecule has 5 rings (SSSR count). The van der Waals surface area contributed by atoms with E-state index in [0.29, 0.717) is 22.9 Å². The molecule has 5 aromatic rings. The van der Waals surface area contributed by atoms with Crippen molar-refractivity contribution in [2.24, 2.45) is 0 Å². The summed E-state index contributed by atoms with van der Waals surface area (Å²) in [6, 6.07) is 18.5. The van der Waals surface area contributed by atoms with Crippen molar-refractivity contribution in [1.29, 1.82) is 0 Å². The number of carbonyl (C=O) groups is 1. The number of aryl methyl sites for hydroxylation is 1. The van der Waals surface area contributed by atoms with Gasteiger partial charge in [-0.25, -0.2) is 19.9 Å². The van der Waals surface area contributed by atoms with Gasteiger partial charge in [0.05, 0.1) is 5.69 Å². The van der Waals surface area contributed by atoms with E-state index in [2.05, 4.69) is 40.8 Å². The maximum atomic E-state index is 12.9. The minimum absolute atomic E-state index is 0.215. The fourth-order valence-corrected chi connectivity index (χ4v) is 3.45. The van der Waals surface area contributed by atoms with E-state index in [4.69, 9.17) is 0 Å². The Morgan fingerprint density at radius 2 is 1.79 bits per heavy atom. The van der Waals surface area contributed by atoms with Crippen LogP contribution in [0.4, 0.5) is 17.2 Å². The molecule has 0 aliphatic carbocycles. The molecule has 0 bridgehead atoms. The van der Waals surface area contributed by atoms with Crippen LogP contribution in [0.25, 0.3) is 22.6 Å². The van der Waals surface area contributed by atoms with E-state index in [0.717, 1.165) is 28.1 Å². The second-order valence-electron chi connectivity index (χ2n) is 7.51. The third-order valence-electron chi connectivity index (χ3n) is 5.25. The van der Waals surface area contributed by atoms with Crippen molar-refractivity contribution >= 4 is 23.1 Å². The van der Waals surface area contributed by atoms with Gasteiger partial charge in [-0.2, -0.15) is 5.10 Å². The first kappa shape index (κ1) is 21.0. The zero-order valence-electron chi connectivity index (χ0n) is 18.2. The van der Waals surface area contributed by atoms with Crippen LogP contribution in [0.3, 0.4) is 0 Å². The zero-order chi connectivity index (χ0) is 23.3. The third-order valence-corrected chi connectivity index (χ3v) is 5.25. The minimum Gasteiger partial charge on any atom is -0.339 e. The van der Waals surface area contributed by atoms with Gasteiger partial charge in [-0.15, -0.1) is 0 Å². The van der Waals surface area contributed by atoms with E-state index in [1.807, 2.05) is 61.5 Å². The van der Waals surface area contributed by atoms with Crippen molar-refractivity contribution in [1.82, 2.24) is 30.1 Å². The molecule has 1 amide bonds. The maximum Gasteiger partial charge on any atom is 0.255 e. The minimum atomic E-state index is -0.215. The first-order valence-electron chi connectivity index (χ1n) is 10.5. The third kappa shape index (κ3) is 4.49. The summed E-state index contributed by atoms with van der Waals surface area (Å²) in [6.07, 6.45) is 6.35. The van der Waals surface area contributed by atoms with Crippen LogP contribution in [0.2, 0.25) is 0 Å². The van der Waals surface area contributed by atoms with E-state index >= 15 is 0 Å². The quantitative estimate of drug-likeness (QED) is 0.346. The molecular weight excluding hydrogens is 428 g/mol. The number of nitrogens with one attached hydrogen (secondary N) is 3. The van der Waals surface area contributed by atoms with Gasteiger partial charge < -0.3 is 10.6 Å². The summed E-state index contributed by atoms with van der Waals surface area (Å²) in [5, 5.41) is 13.0. The van der Waals surface area contributed by atoms with Gasteiger partial charge >= 0.3 is 0 Å². The molecule has 0 aliphatic heterocycles. The highest BCUT2D eigenvalue weighted by atomic mass is 16.1. The maximum absolute atomic E-state index is 12.9. The van der Waals surface area contributed by atoms with Gasteiger partial charge in [-0.3, -0.25) is 9.89 Å². The molecular formula is C25H20N8O. The van der Waals surface area contributed by atoms with Crippen molar-refractivity contribution in [2.45, 2.75) is 6.92 Å². The van der Waals surface area contributed by atoms with Crippen LogP contribution in [0.15, 0.2) is 85.7 Å². The fourth-order valence-electron chi connectivity index (χ4n) is 3.45. The zero-order valence-corrected chi connectivity index (χ0v) is 18.2. The second kappa shape index (κ2) is 9.29. The Balaban J connectivity index is 1.36. The van der Waals surface area contributed by atoms with Crippen LogP contribution in [-0.2, 0) is 0 Å². The number of hydrogen-bond donors (Lipinski definition) is 3. The molecule has 34 heavy (non-hydrogen) atoms. The summed E-state index contributed by atoms with van der Waals surface area (Å²) in [6.45, 7) is 1.97. The lowest BCUT2D eigenvalue weighted by Gasteiger charge is -2.14. The molecule has 9 heteroatoms. The molecule has 0 unspecified atom stereocenters. The highest BCUT2D eigenvalue weighted by Crippen LogP contribution is 2.28. The lowest BCUT2D eigenvalue weighted by Crippen LogP contribution is -2.12. The van der Waals surface area contributed by atoms with E-state index in [9.17, 15) is 4.79 Å². The average Bonchev–Trinajstić information content (AvgIpc) is 3.42. The van der Waals surface area contributed by atoms with Gasteiger partial charge in [0.15, 0.2) is 5.82 Å². The molecule has 0 aliphatic rings. The van der Waals surface area contributed by atoms with Gasteiger partial charge in [0.25, 0.3) is 5.91 Å². The van der Waals surface area contributed by atoms with Gasteiger partial charge in [-0.1, -0.05) is 6.07 Å². The summed E-state index contributed by atoms with van der Waals surface area (Å²) in [5.74, 6) is 1.10. The predicted octanol–water partition coefficient (Wildman–Crippen LogP) is 4.63. The molecule has 0 spiro atoms. The van der Waals surface area contributed by atoms with E-state index in [1.165, 1.54) is 12.7 Å². The number of carbonyl (C=O) groups excluding carboxylic acids is 1. The molecule has 0 fully saturated rings. The number of aromatic nitrogens is 6. The lowest BCUT2D eigenvalue weighted by molar-refractivity contribution is 0.102. The van der Waals surface area contributed by atoms with E-state index in [-0.39, 0.29) is 5.91 Å². The van der Waals surface area contributed by atoms with E-state index < -0.39 is 0 Å².